The smallest absolute Gasteiger partial charge is 0.241 e. The fourth-order valence-corrected chi connectivity index (χ4v) is 1.91. The van der Waals surface area contributed by atoms with E-state index in [1.54, 1.807) is 20.9 Å². The third kappa shape index (κ3) is 2.44. The number of likely N-dealkylation sites (N-methyl/N-ethyl adjacent to an activating group) is 1. The van der Waals surface area contributed by atoms with Crippen molar-refractivity contribution in [3.05, 3.63) is 11.3 Å². The van der Waals surface area contributed by atoms with Gasteiger partial charge in [0.2, 0.25) is 5.91 Å². The normalized spacial score (nSPS) is 11.6. The second kappa shape index (κ2) is 4.75. The van der Waals surface area contributed by atoms with Gasteiger partial charge in [0.1, 0.15) is 22.7 Å². The molecule has 0 saturated carbocycles. The number of carbonyl (C=O) groups excluding carboxylic acids is 1. The predicted molar refractivity (Wildman–Crippen MR) is 58.7 cm³/mol. The number of aryl methyl sites for hydroxylation is 1. The Morgan fingerprint density at radius 2 is 2.33 bits per heavy atom. The van der Waals surface area contributed by atoms with Crippen molar-refractivity contribution in [2.24, 2.45) is 0 Å². The topological polar surface area (TPSA) is 77.8 Å². The molecule has 80 valence electrons. The molecule has 0 aliphatic rings. The molecule has 0 saturated heterocycles. The van der Waals surface area contributed by atoms with Crippen molar-refractivity contribution in [3.63, 3.8) is 0 Å². The van der Waals surface area contributed by atoms with Crippen molar-refractivity contribution in [1.29, 1.82) is 5.26 Å². The van der Waals surface area contributed by atoms with E-state index in [1.165, 1.54) is 11.5 Å². The minimum Gasteiger partial charge on any atom is -0.363 e. The summed E-state index contributed by atoms with van der Waals surface area (Å²) in [6.45, 7) is 3.50. The van der Waals surface area contributed by atoms with Crippen molar-refractivity contribution in [3.8, 4) is 6.07 Å². The quantitative estimate of drug-likeness (QED) is 0.798. The molecule has 1 aromatic rings. The van der Waals surface area contributed by atoms with Gasteiger partial charge in [-0.3, -0.25) is 4.79 Å². The number of hydrogen-bond acceptors (Lipinski definition) is 5. The molecule has 0 aliphatic carbocycles. The Kier molecular flexibility index (Phi) is 3.63. The highest BCUT2D eigenvalue weighted by molar-refractivity contribution is 7.10. The van der Waals surface area contributed by atoms with Gasteiger partial charge >= 0.3 is 0 Å². The molecule has 15 heavy (non-hydrogen) atoms. The lowest BCUT2D eigenvalue weighted by Crippen LogP contribution is -2.35. The van der Waals surface area contributed by atoms with Gasteiger partial charge in [-0.1, -0.05) is 0 Å². The second-order valence-corrected chi connectivity index (χ2v) is 3.84. The molecule has 6 heteroatoms. The van der Waals surface area contributed by atoms with E-state index in [1.807, 2.05) is 0 Å². The molecule has 0 spiro atoms. The highest BCUT2D eigenvalue weighted by atomic mass is 32.1. The average Bonchev–Trinajstić information content (AvgIpc) is 2.57. The molecule has 0 aromatic carbocycles. The van der Waals surface area contributed by atoms with Crippen LogP contribution in [0, 0.1) is 18.3 Å². The SMILES string of the molecule is CNC(=O)C(C)Nc1snc(C)c1C#N. The maximum absolute atomic E-state index is 11.3. The fourth-order valence-electron chi connectivity index (χ4n) is 1.08. The Morgan fingerprint density at radius 1 is 1.67 bits per heavy atom. The van der Waals surface area contributed by atoms with Crippen LogP contribution in [0.25, 0.3) is 0 Å². The van der Waals surface area contributed by atoms with E-state index in [2.05, 4.69) is 21.1 Å². The van der Waals surface area contributed by atoms with Crippen molar-refractivity contribution >= 4 is 22.4 Å². The van der Waals surface area contributed by atoms with E-state index in [0.29, 0.717) is 16.3 Å². The number of nitrogens with one attached hydrogen (secondary N) is 2. The maximum atomic E-state index is 11.3. The molecule has 0 bridgehead atoms. The monoisotopic (exact) mass is 224 g/mol. The van der Waals surface area contributed by atoms with Crippen molar-refractivity contribution in [2.75, 3.05) is 12.4 Å². The third-order valence-corrected chi connectivity index (χ3v) is 2.83. The Bertz CT molecular complexity index is 407. The van der Waals surface area contributed by atoms with Crippen LogP contribution in [0.1, 0.15) is 18.2 Å². The fraction of sp³-hybridized carbons (Fsp3) is 0.444. The average molecular weight is 224 g/mol. The molecule has 0 fully saturated rings. The third-order valence-electron chi connectivity index (χ3n) is 1.96. The maximum Gasteiger partial charge on any atom is 0.241 e. The van der Waals surface area contributed by atoms with Gasteiger partial charge in [0.15, 0.2) is 0 Å². The van der Waals surface area contributed by atoms with E-state index in [4.69, 9.17) is 5.26 Å². The van der Waals surface area contributed by atoms with E-state index in [9.17, 15) is 4.79 Å². The van der Waals surface area contributed by atoms with Gasteiger partial charge in [0.05, 0.1) is 5.69 Å². The summed E-state index contributed by atoms with van der Waals surface area (Å²) in [6.07, 6.45) is 0. The number of carbonyl (C=O) groups is 1. The Balaban J connectivity index is 2.82. The summed E-state index contributed by atoms with van der Waals surface area (Å²) in [4.78, 5) is 11.3. The Morgan fingerprint density at radius 3 is 2.87 bits per heavy atom. The largest absolute Gasteiger partial charge is 0.363 e. The lowest BCUT2D eigenvalue weighted by Gasteiger charge is -2.11. The first-order valence-electron chi connectivity index (χ1n) is 4.44. The zero-order chi connectivity index (χ0) is 11.4. The van der Waals surface area contributed by atoms with Gasteiger partial charge in [-0.2, -0.15) is 9.64 Å². The molecule has 0 radical (unpaired) electrons. The first kappa shape index (κ1) is 11.5. The van der Waals surface area contributed by atoms with E-state index in [-0.39, 0.29) is 11.9 Å². The molecular formula is C9H12N4OS. The molecule has 1 amide bonds. The summed E-state index contributed by atoms with van der Waals surface area (Å²) in [7, 11) is 1.57. The zero-order valence-electron chi connectivity index (χ0n) is 8.79. The first-order chi connectivity index (χ1) is 7.10. The molecule has 5 nitrogen and oxygen atoms in total. The van der Waals surface area contributed by atoms with Gasteiger partial charge in [-0.25, -0.2) is 0 Å². The van der Waals surface area contributed by atoms with E-state index in [0.717, 1.165) is 0 Å². The van der Waals surface area contributed by atoms with Crippen LogP contribution in [-0.4, -0.2) is 23.4 Å². The number of anilines is 1. The predicted octanol–water partition coefficient (Wildman–Crippen LogP) is 0.870. The van der Waals surface area contributed by atoms with Crippen molar-refractivity contribution in [2.45, 2.75) is 19.9 Å². The molecule has 0 aliphatic heterocycles. The molecular weight excluding hydrogens is 212 g/mol. The van der Waals surface area contributed by atoms with Crippen LogP contribution < -0.4 is 10.6 Å². The van der Waals surface area contributed by atoms with Gasteiger partial charge in [-0.15, -0.1) is 0 Å². The van der Waals surface area contributed by atoms with Crippen LogP contribution in [0.15, 0.2) is 0 Å². The number of amides is 1. The first-order valence-corrected chi connectivity index (χ1v) is 5.22. The molecule has 1 atom stereocenters. The van der Waals surface area contributed by atoms with Gasteiger partial charge < -0.3 is 10.6 Å². The number of nitrogens with zero attached hydrogens (tertiary/aromatic N) is 2. The van der Waals surface area contributed by atoms with E-state index < -0.39 is 0 Å². The minimum absolute atomic E-state index is 0.120. The summed E-state index contributed by atoms with van der Waals surface area (Å²) in [5, 5.41) is 15.0. The van der Waals surface area contributed by atoms with Crippen LogP contribution in [-0.2, 0) is 4.79 Å². The van der Waals surface area contributed by atoms with Crippen LogP contribution in [0.5, 0.6) is 0 Å². The van der Waals surface area contributed by atoms with Crippen LogP contribution in [0.2, 0.25) is 0 Å². The molecule has 1 rings (SSSR count). The van der Waals surface area contributed by atoms with Crippen molar-refractivity contribution in [1.82, 2.24) is 9.69 Å². The highest BCUT2D eigenvalue weighted by Crippen LogP contribution is 2.23. The summed E-state index contributed by atoms with van der Waals surface area (Å²) in [5.74, 6) is -0.120. The van der Waals surface area contributed by atoms with Crippen LogP contribution in [0.4, 0.5) is 5.00 Å². The molecule has 1 unspecified atom stereocenters. The highest BCUT2D eigenvalue weighted by Gasteiger charge is 2.15. The molecule has 1 aromatic heterocycles. The summed E-state index contributed by atoms with van der Waals surface area (Å²) >= 11 is 1.19. The minimum atomic E-state index is -0.373. The van der Waals surface area contributed by atoms with Gasteiger partial charge in [0, 0.05) is 7.05 Å². The lowest BCUT2D eigenvalue weighted by molar-refractivity contribution is -0.121. The molecule has 2 N–H and O–H groups in total. The summed E-state index contributed by atoms with van der Waals surface area (Å²) in [5.41, 5.74) is 1.20. The number of rotatable bonds is 3. The van der Waals surface area contributed by atoms with Crippen molar-refractivity contribution < 1.29 is 4.79 Å². The summed E-state index contributed by atoms with van der Waals surface area (Å²) < 4.78 is 4.05. The standard InChI is InChI=1S/C9H12N4OS/c1-5-7(4-10)9(15-13-5)12-6(2)8(14)11-3/h6,12H,1-3H3,(H,11,14). The number of nitriles is 1. The van der Waals surface area contributed by atoms with E-state index >= 15 is 0 Å². The van der Waals surface area contributed by atoms with Crippen LogP contribution >= 0.6 is 11.5 Å². The number of hydrogen-bond donors (Lipinski definition) is 2. The lowest BCUT2D eigenvalue weighted by atomic mass is 10.2. The zero-order valence-corrected chi connectivity index (χ0v) is 9.60. The van der Waals surface area contributed by atoms with Crippen LogP contribution in [0.3, 0.4) is 0 Å². The van der Waals surface area contributed by atoms with Gasteiger partial charge in [0.25, 0.3) is 0 Å². The van der Waals surface area contributed by atoms with Gasteiger partial charge in [-0.05, 0) is 25.4 Å². The Labute approximate surface area is 92.3 Å². The summed E-state index contributed by atoms with van der Waals surface area (Å²) in [6, 6.07) is 1.69. The Hall–Kier alpha value is -1.61. The molecule has 1 heterocycles. The number of aromatic nitrogens is 1. The second-order valence-electron chi connectivity index (χ2n) is 3.06.